The van der Waals surface area contributed by atoms with Crippen molar-refractivity contribution in [1.29, 1.82) is 0 Å². The molecule has 0 spiro atoms. The van der Waals surface area contributed by atoms with E-state index in [0.717, 1.165) is 64.2 Å². The molecule has 9 heteroatoms. The highest BCUT2D eigenvalue weighted by atomic mass is 31.2. The average molecular weight is 1200 g/mol. The zero-order valence-electron chi connectivity index (χ0n) is 56.9. The first kappa shape index (κ1) is 82.5. The van der Waals surface area contributed by atoms with Crippen molar-refractivity contribution in [2.45, 2.75) is 386 Å². The van der Waals surface area contributed by atoms with Crippen molar-refractivity contribution in [3.63, 3.8) is 0 Å². The van der Waals surface area contributed by atoms with Crippen LogP contribution in [0.1, 0.15) is 373 Å². The molecule has 0 radical (unpaired) electrons. The minimum atomic E-state index is -4.33. The molecule has 496 valence electrons. The molecule has 0 heterocycles. The van der Waals surface area contributed by atoms with Gasteiger partial charge in [0.1, 0.15) is 13.2 Å². The van der Waals surface area contributed by atoms with Gasteiger partial charge in [0.05, 0.1) is 39.9 Å². The molecule has 1 amide bonds. The summed E-state index contributed by atoms with van der Waals surface area (Å²) in [6, 6.07) is -0.760. The fourth-order valence-electron chi connectivity index (χ4n) is 11.4. The van der Waals surface area contributed by atoms with E-state index in [1.807, 2.05) is 21.1 Å². The predicted octanol–water partition coefficient (Wildman–Crippen LogP) is 23.8. The Labute approximate surface area is 524 Å². The van der Waals surface area contributed by atoms with Gasteiger partial charge in [0.2, 0.25) is 5.91 Å². The number of aliphatic hydroxyl groups is 1. The third kappa shape index (κ3) is 68.0. The molecule has 0 rings (SSSR count). The second kappa shape index (κ2) is 65.9. The van der Waals surface area contributed by atoms with Gasteiger partial charge in [-0.2, -0.15) is 0 Å². The monoisotopic (exact) mass is 1200 g/mol. The average Bonchev–Trinajstić information content (AvgIpc) is 3.56. The number of amides is 1. The molecule has 0 aromatic carbocycles. The molecule has 3 N–H and O–H groups in total. The summed E-state index contributed by atoms with van der Waals surface area (Å²) in [5.41, 5.74) is 0. The largest absolute Gasteiger partial charge is 0.472 e. The second-order valence-corrected chi connectivity index (χ2v) is 28.1. The van der Waals surface area contributed by atoms with E-state index in [-0.39, 0.29) is 19.1 Å². The Balaban J connectivity index is 3.87. The maximum absolute atomic E-state index is 13.1. The number of phosphoric ester groups is 1. The van der Waals surface area contributed by atoms with Gasteiger partial charge >= 0.3 is 7.82 Å². The molecular weight excluding hydrogens is 1060 g/mol. The number of unbranched alkanes of at least 4 members (excludes halogenated alkanes) is 48. The molecule has 0 aromatic heterocycles. The van der Waals surface area contributed by atoms with Crippen LogP contribution in [0.25, 0.3) is 0 Å². The van der Waals surface area contributed by atoms with Gasteiger partial charge in [-0.15, -0.1) is 0 Å². The Kier molecular flexibility index (Phi) is 64.7. The molecule has 0 aromatic rings. The van der Waals surface area contributed by atoms with Crippen LogP contribution >= 0.6 is 7.82 Å². The lowest BCUT2D eigenvalue weighted by atomic mass is 10.0. The van der Waals surface area contributed by atoms with Gasteiger partial charge in [0.15, 0.2) is 0 Å². The molecule has 0 aliphatic rings. The minimum Gasteiger partial charge on any atom is -0.391 e. The van der Waals surface area contributed by atoms with Gasteiger partial charge in [-0.1, -0.05) is 364 Å². The molecule has 0 bridgehead atoms. The molecule has 3 atom stereocenters. The third-order valence-corrected chi connectivity index (χ3v) is 18.1. The number of hydrogen-bond acceptors (Lipinski definition) is 5. The first-order valence-corrected chi connectivity index (χ1v) is 38.5. The van der Waals surface area contributed by atoms with E-state index in [4.69, 9.17) is 9.05 Å². The molecular formula is C75H146N2O6P+. The van der Waals surface area contributed by atoms with E-state index in [9.17, 15) is 19.4 Å². The van der Waals surface area contributed by atoms with Crippen molar-refractivity contribution < 1.29 is 32.9 Å². The number of hydrogen-bond donors (Lipinski definition) is 3. The number of likely N-dealkylation sites (N-methyl/N-ethyl adjacent to an activating group) is 1. The molecule has 0 aliphatic carbocycles. The van der Waals surface area contributed by atoms with Crippen LogP contribution in [0.3, 0.4) is 0 Å². The molecule has 0 fully saturated rings. The lowest BCUT2D eigenvalue weighted by molar-refractivity contribution is -0.870. The van der Waals surface area contributed by atoms with Crippen LogP contribution in [0.2, 0.25) is 0 Å². The van der Waals surface area contributed by atoms with E-state index in [1.165, 1.54) is 283 Å². The van der Waals surface area contributed by atoms with Crippen molar-refractivity contribution >= 4 is 13.7 Å². The number of phosphoric acid groups is 1. The summed E-state index contributed by atoms with van der Waals surface area (Å²) in [7, 11) is 1.64. The smallest absolute Gasteiger partial charge is 0.391 e. The molecule has 0 aliphatic heterocycles. The molecule has 3 unspecified atom stereocenters. The highest BCUT2D eigenvalue weighted by Crippen LogP contribution is 2.43. The van der Waals surface area contributed by atoms with Crippen molar-refractivity contribution in [3.05, 3.63) is 48.6 Å². The van der Waals surface area contributed by atoms with Crippen LogP contribution in [0.15, 0.2) is 48.6 Å². The first-order chi connectivity index (χ1) is 41.0. The van der Waals surface area contributed by atoms with Crippen molar-refractivity contribution in [2.75, 3.05) is 40.9 Å². The Morgan fingerprint density at radius 1 is 0.417 bits per heavy atom. The number of allylic oxidation sites excluding steroid dienone is 8. The van der Waals surface area contributed by atoms with Gasteiger partial charge < -0.3 is 19.8 Å². The van der Waals surface area contributed by atoms with Gasteiger partial charge in [0, 0.05) is 6.42 Å². The zero-order valence-corrected chi connectivity index (χ0v) is 57.8. The van der Waals surface area contributed by atoms with Crippen LogP contribution < -0.4 is 5.32 Å². The van der Waals surface area contributed by atoms with Gasteiger partial charge in [-0.05, 0) is 51.4 Å². The lowest BCUT2D eigenvalue weighted by Gasteiger charge is -2.26. The van der Waals surface area contributed by atoms with E-state index in [2.05, 4.69) is 67.8 Å². The van der Waals surface area contributed by atoms with Crippen molar-refractivity contribution in [3.8, 4) is 0 Å². The number of nitrogens with zero attached hydrogens (tertiary/aromatic N) is 1. The Morgan fingerprint density at radius 3 is 1.05 bits per heavy atom. The third-order valence-electron chi connectivity index (χ3n) is 17.1. The highest BCUT2D eigenvalue weighted by Gasteiger charge is 2.28. The minimum absolute atomic E-state index is 0.0774. The van der Waals surface area contributed by atoms with Crippen LogP contribution in [0.4, 0.5) is 0 Å². The summed E-state index contributed by atoms with van der Waals surface area (Å²) in [6.07, 6.45) is 89.5. The lowest BCUT2D eigenvalue weighted by Crippen LogP contribution is -2.46. The molecule has 84 heavy (non-hydrogen) atoms. The maximum atomic E-state index is 13.1. The Morgan fingerprint density at radius 2 is 0.714 bits per heavy atom. The second-order valence-electron chi connectivity index (χ2n) is 26.7. The number of quaternary nitrogens is 1. The number of aliphatic hydroxyl groups excluding tert-OH is 1. The zero-order chi connectivity index (χ0) is 61.2. The van der Waals surface area contributed by atoms with E-state index in [0.29, 0.717) is 23.9 Å². The molecule has 0 saturated carbocycles. The van der Waals surface area contributed by atoms with Gasteiger partial charge in [-0.3, -0.25) is 13.8 Å². The van der Waals surface area contributed by atoms with E-state index in [1.54, 1.807) is 0 Å². The summed E-state index contributed by atoms with van der Waals surface area (Å²) in [6.45, 7) is 4.83. The SMILES string of the molecule is CC/C=C\C/C=C\C/C=C\C/C=C\CCCCCCCCCCCCCCCCCCCCCCCCCCCCCCC(=O)NC(COP(=O)(O)OCC[N+](C)(C)C)C(O)CCCCCCCCCCCCCCCCCCCCCCC. The van der Waals surface area contributed by atoms with Crippen LogP contribution in [-0.4, -0.2) is 73.4 Å². The topological polar surface area (TPSA) is 105 Å². The summed E-state index contributed by atoms with van der Waals surface area (Å²) in [5, 5.41) is 14.2. The fraction of sp³-hybridized carbons (Fsp3) is 0.880. The Bertz CT molecular complexity index is 1510. The highest BCUT2D eigenvalue weighted by molar-refractivity contribution is 7.47. The standard InChI is InChI=1S/C75H145N2O6P/c1-6-8-10-12-14-16-18-20-22-24-26-28-29-30-31-32-33-34-35-36-37-38-39-40-41-42-43-44-45-46-47-49-51-53-55-57-59-61-63-65-67-69-75(79)76-73(72-83-84(80,81)82-71-70-77(3,4)5)74(78)68-66-64-62-60-58-56-54-52-50-48-27-25-23-21-19-17-15-13-11-9-7-2/h8,10,14,16,20,22,26,28,73-74,78H,6-7,9,11-13,15,17-19,21,23-25,27,29-72H2,1-5H3,(H-,76,79,80,81)/p+1/b10-8-,16-14-,22-20-,28-26-. The quantitative estimate of drug-likeness (QED) is 0.0243. The van der Waals surface area contributed by atoms with Crippen LogP contribution in [-0.2, 0) is 18.4 Å². The molecule has 0 saturated heterocycles. The van der Waals surface area contributed by atoms with Crippen LogP contribution in [0, 0.1) is 0 Å². The maximum Gasteiger partial charge on any atom is 0.472 e. The van der Waals surface area contributed by atoms with E-state index < -0.39 is 20.0 Å². The van der Waals surface area contributed by atoms with Gasteiger partial charge in [0.25, 0.3) is 0 Å². The number of carbonyl (C=O) groups excluding carboxylic acids is 1. The van der Waals surface area contributed by atoms with Crippen molar-refractivity contribution in [2.24, 2.45) is 0 Å². The van der Waals surface area contributed by atoms with Gasteiger partial charge in [-0.25, -0.2) is 4.57 Å². The van der Waals surface area contributed by atoms with E-state index >= 15 is 0 Å². The number of rotatable bonds is 69. The number of nitrogens with one attached hydrogen (secondary N) is 1. The molecule has 8 nitrogen and oxygen atoms in total. The predicted molar refractivity (Wildman–Crippen MR) is 369 cm³/mol. The summed E-state index contributed by atoms with van der Waals surface area (Å²) < 4.78 is 23.9. The fourth-order valence-corrected chi connectivity index (χ4v) is 12.1. The first-order valence-electron chi connectivity index (χ1n) is 37.0. The van der Waals surface area contributed by atoms with Crippen LogP contribution in [0.5, 0.6) is 0 Å². The number of carbonyl (C=O) groups is 1. The van der Waals surface area contributed by atoms with Crippen molar-refractivity contribution in [1.82, 2.24) is 5.32 Å². The normalized spacial score (nSPS) is 13.8. The summed E-state index contributed by atoms with van der Waals surface area (Å²) in [4.78, 5) is 23.5. The summed E-state index contributed by atoms with van der Waals surface area (Å²) in [5.74, 6) is -0.135. The Hall–Kier alpha value is -1.54. The summed E-state index contributed by atoms with van der Waals surface area (Å²) >= 11 is 0.